The van der Waals surface area contributed by atoms with Crippen LogP contribution in [0.2, 0.25) is 10.2 Å². The van der Waals surface area contributed by atoms with Crippen LogP contribution in [0.25, 0.3) is 0 Å². The molecule has 0 aliphatic carbocycles. The van der Waals surface area contributed by atoms with Crippen LogP contribution in [0.4, 0.5) is 13.2 Å². The van der Waals surface area contributed by atoms with E-state index in [0.29, 0.717) is 10.7 Å². The summed E-state index contributed by atoms with van der Waals surface area (Å²) in [5.41, 5.74) is 0.543. The first-order valence-electron chi connectivity index (χ1n) is 4.97. The van der Waals surface area contributed by atoms with Gasteiger partial charge in [0.15, 0.2) is 0 Å². The summed E-state index contributed by atoms with van der Waals surface area (Å²) in [4.78, 5) is 10.5. The maximum Gasteiger partial charge on any atom is 0.471 e. The van der Waals surface area contributed by atoms with Crippen LogP contribution in [-0.2, 0) is 11.3 Å². The van der Waals surface area contributed by atoms with Crippen molar-refractivity contribution in [2.75, 3.05) is 6.54 Å². The zero-order valence-corrected chi connectivity index (χ0v) is 10.8. The third-order valence-corrected chi connectivity index (χ3v) is 3.02. The van der Waals surface area contributed by atoms with Crippen molar-refractivity contribution in [3.8, 4) is 0 Å². The largest absolute Gasteiger partial charge is 0.471 e. The molecular weight excluding hydrogens is 294 g/mol. The average molecular weight is 304 g/mol. The predicted octanol–water partition coefficient (Wildman–Crippen LogP) is 2.57. The lowest BCUT2D eigenvalue weighted by atomic mass is 10.4. The number of carbonyl (C=O) groups is 1. The highest BCUT2D eigenvalue weighted by molar-refractivity contribution is 6.41. The molecule has 0 saturated heterocycles. The van der Waals surface area contributed by atoms with Crippen molar-refractivity contribution >= 4 is 29.1 Å². The Balaban J connectivity index is 2.39. The summed E-state index contributed by atoms with van der Waals surface area (Å²) in [6.07, 6.45) is -4.60. The molecule has 102 valence electrons. The highest BCUT2D eigenvalue weighted by atomic mass is 35.5. The molecule has 0 aliphatic rings. The number of hydrogen-bond donors (Lipinski definition) is 1. The zero-order chi connectivity index (χ0) is 13.9. The third-order valence-electron chi connectivity index (χ3n) is 2.09. The number of halogens is 5. The van der Waals surface area contributed by atoms with Gasteiger partial charge in [0.05, 0.1) is 5.69 Å². The van der Waals surface area contributed by atoms with E-state index in [-0.39, 0.29) is 24.7 Å². The lowest BCUT2D eigenvalue weighted by Gasteiger charge is -2.08. The molecule has 18 heavy (non-hydrogen) atoms. The van der Waals surface area contributed by atoms with Crippen LogP contribution in [0.5, 0.6) is 0 Å². The average Bonchev–Trinajstić information content (AvgIpc) is 2.51. The van der Waals surface area contributed by atoms with Crippen molar-refractivity contribution in [1.29, 1.82) is 0 Å². The highest BCUT2D eigenvalue weighted by Crippen LogP contribution is 2.24. The second-order valence-corrected chi connectivity index (χ2v) is 4.26. The monoisotopic (exact) mass is 303 g/mol. The molecule has 0 spiro atoms. The maximum atomic E-state index is 11.9. The summed E-state index contributed by atoms with van der Waals surface area (Å²) >= 11 is 11.6. The summed E-state index contributed by atoms with van der Waals surface area (Å²) in [6.45, 7) is 1.81. The van der Waals surface area contributed by atoms with Gasteiger partial charge in [0.1, 0.15) is 10.2 Å². The fourth-order valence-corrected chi connectivity index (χ4v) is 1.60. The first kappa shape index (κ1) is 15.1. The number of alkyl halides is 3. The number of nitrogens with one attached hydrogen (secondary N) is 1. The smallest absolute Gasteiger partial charge is 0.348 e. The SMILES string of the molecule is Cc1nn(CCCNC(=O)C(F)(F)F)c(Cl)c1Cl. The van der Waals surface area contributed by atoms with Gasteiger partial charge in [-0.05, 0) is 13.3 Å². The van der Waals surface area contributed by atoms with E-state index in [9.17, 15) is 18.0 Å². The molecule has 0 aliphatic heterocycles. The Morgan fingerprint density at radius 2 is 2.06 bits per heavy atom. The van der Waals surface area contributed by atoms with E-state index in [4.69, 9.17) is 23.2 Å². The molecule has 0 radical (unpaired) electrons. The van der Waals surface area contributed by atoms with Gasteiger partial charge in [0.25, 0.3) is 0 Å². The number of carbonyl (C=O) groups excluding carboxylic acids is 1. The Labute approximate surface area is 111 Å². The molecule has 1 N–H and O–H groups in total. The number of amides is 1. The quantitative estimate of drug-likeness (QED) is 0.869. The lowest BCUT2D eigenvalue weighted by molar-refractivity contribution is -0.173. The van der Waals surface area contributed by atoms with Gasteiger partial charge in [-0.1, -0.05) is 23.2 Å². The van der Waals surface area contributed by atoms with Crippen LogP contribution < -0.4 is 5.32 Å². The molecule has 0 saturated carbocycles. The molecule has 0 atom stereocenters. The van der Waals surface area contributed by atoms with Crippen molar-refractivity contribution < 1.29 is 18.0 Å². The second kappa shape index (κ2) is 5.79. The predicted molar refractivity (Wildman–Crippen MR) is 60.7 cm³/mol. The Bertz CT molecular complexity index is 445. The van der Waals surface area contributed by atoms with Gasteiger partial charge >= 0.3 is 12.1 Å². The van der Waals surface area contributed by atoms with Crippen molar-refractivity contribution in [3.63, 3.8) is 0 Å². The van der Waals surface area contributed by atoms with Crippen molar-refractivity contribution in [2.24, 2.45) is 0 Å². The molecule has 1 rings (SSSR count). The highest BCUT2D eigenvalue weighted by Gasteiger charge is 2.38. The number of nitrogens with zero attached hydrogens (tertiary/aromatic N) is 2. The minimum atomic E-state index is -4.86. The Kier molecular flexibility index (Phi) is 4.86. The maximum absolute atomic E-state index is 11.9. The fourth-order valence-electron chi connectivity index (χ4n) is 1.21. The molecule has 0 fully saturated rings. The standard InChI is InChI=1S/C9H10Cl2F3N3O/c1-5-6(10)7(11)17(16-5)4-2-3-15-8(18)9(12,13)14/h2-4H2,1H3,(H,15,18). The molecule has 0 aromatic carbocycles. The molecule has 1 heterocycles. The van der Waals surface area contributed by atoms with Gasteiger partial charge in [-0.15, -0.1) is 0 Å². The number of hydrogen-bond acceptors (Lipinski definition) is 2. The van der Waals surface area contributed by atoms with Crippen LogP contribution in [0, 0.1) is 6.92 Å². The minimum absolute atomic E-state index is 0.120. The molecule has 1 amide bonds. The first-order valence-corrected chi connectivity index (χ1v) is 5.72. The lowest BCUT2D eigenvalue weighted by Crippen LogP contribution is -2.37. The van der Waals surface area contributed by atoms with Gasteiger partial charge in [-0.3, -0.25) is 9.48 Å². The number of aryl methyl sites for hydroxylation is 2. The Morgan fingerprint density at radius 3 is 2.50 bits per heavy atom. The van der Waals surface area contributed by atoms with E-state index in [2.05, 4.69) is 5.10 Å². The fraction of sp³-hybridized carbons (Fsp3) is 0.556. The van der Waals surface area contributed by atoms with E-state index in [1.54, 1.807) is 12.2 Å². The molecule has 9 heteroatoms. The van der Waals surface area contributed by atoms with Gasteiger partial charge in [0.2, 0.25) is 0 Å². The summed E-state index contributed by atoms with van der Waals surface area (Å²) in [6, 6.07) is 0. The van der Waals surface area contributed by atoms with Crippen LogP contribution in [0.1, 0.15) is 12.1 Å². The van der Waals surface area contributed by atoms with Crippen molar-refractivity contribution in [3.05, 3.63) is 15.9 Å². The zero-order valence-electron chi connectivity index (χ0n) is 9.31. The molecule has 0 bridgehead atoms. The Morgan fingerprint density at radius 1 is 1.44 bits per heavy atom. The minimum Gasteiger partial charge on any atom is -0.348 e. The molecular formula is C9H10Cl2F3N3O. The molecule has 0 unspecified atom stereocenters. The summed E-state index contributed by atoms with van der Waals surface area (Å²) in [7, 11) is 0. The summed E-state index contributed by atoms with van der Waals surface area (Å²) in [5.74, 6) is -1.96. The first-order chi connectivity index (χ1) is 8.23. The van der Waals surface area contributed by atoms with E-state index in [1.807, 2.05) is 0 Å². The van der Waals surface area contributed by atoms with Crippen LogP contribution in [0.3, 0.4) is 0 Å². The second-order valence-electron chi connectivity index (χ2n) is 3.52. The van der Waals surface area contributed by atoms with E-state index in [0.717, 1.165) is 0 Å². The molecule has 1 aromatic rings. The van der Waals surface area contributed by atoms with Crippen LogP contribution in [0.15, 0.2) is 0 Å². The number of aromatic nitrogens is 2. The van der Waals surface area contributed by atoms with Crippen molar-refractivity contribution in [2.45, 2.75) is 26.1 Å². The summed E-state index contributed by atoms with van der Waals surface area (Å²) < 4.78 is 36.9. The van der Waals surface area contributed by atoms with Crippen LogP contribution >= 0.6 is 23.2 Å². The summed E-state index contributed by atoms with van der Waals surface area (Å²) in [5, 5.41) is 6.29. The van der Waals surface area contributed by atoms with Gasteiger partial charge in [-0.25, -0.2) is 0 Å². The van der Waals surface area contributed by atoms with Crippen LogP contribution in [-0.4, -0.2) is 28.4 Å². The van der Waals surface area contributed by atoms with Crippen molar-refractivity contribution in [1.82, 2.24) is 15.1 Å². The normalized spacial score (nSPS) is 11.7. The van der Waals surface area contributed by atoms with E-state index >= 15 is 0 Å². The Hall–Kier alpha value is -0.950. The van der Waals surface area contributed by atoms with Gasteiger partial charge < -0.3 is 5.32 Å². The molecule has 4 nitrogen and oxygen atoms in total. The van der Waals surface area contributed by atoms with E-state index in [1.165, 1.54) is 4.68 Å². The third kappa shape index (κ3) is 3.78. The number of rotatable bonds is 4. The molecule has 1 aromatic heterocycles. The topological polar surface area (TPSA) is 46.9 Å². The van der Waals surface area contributed by atoms with Gasteiger partial charge in [0, 0.05) is 13.1 Å². The van der Waals surface area contributed by atoms with Gasteiger partial charge in [-0.2, -0.15) is 18.3 Å². The van der Waals surface area contributed by atoms with E-state index < -0.39 is 12.1 Å².